The molecular weight excluding hydrogens is 326 g/mol. The minimum Gasteiger partial charge on any atom is -0.477 e. The van der Waals surface area contributed by atoms with E-state index in [4.69, 9.17) is 0 Å². The zero-order valence-corrected chi connectivity index (χ0v) is 13.1. The molecule has 0 bridgehead atoms. The fraction of sp³-hybridized carbons (Fsp3) is 0.294. The van der Waals surface area contributed by atoms with Crippen LogP contribution in [-0.4, -0.2) is 61.6 Å². The molecule has 3 atom stereocenters. The molecule has 2 saturated heterocycles. The van der Waals surface area contributed by atoms with Crippen LogP contribution in [0.1, 0.15) is 12.0 Å². The molecule has 4 rings (SSSR count). The molecule has 8 heteroatoms. The Morgan fingerprint density at radius 2 is 2.08 bits per heavy atom. The second-order valence-corrected chi connectivity index (χ2v) is 6.24. The summed E-state index contributed by atoms with van der Waals surface area (Å²) in [5.41, 5.74) is 1.35. The summed E-state index contributed by atoms with van der Waals surface area (Å²) in [6.07, 6.45) is 6.12. The highest BCUT2D eigenvalue weighted by Gasteiger charge is 2.64. The van der Waals surface area contributed by atoms with E-state index in [0.717, 1.165) is 10.5 Å². The smallest absolute Gasteiger partial charge is 0.408 e. The van der Waals surface area contributed by atoms with Gasteiger partial charge in [-0.15, -0.1) is 0 Å². The number of allylic oxidation sites excluding steroid dienone is 1. The van der Waals surface area contributed by atoms with Crippen molar-refractivity contribution in [1.29, 1.82) is 0 Å². The number of pyridine rings is 1. The number of hydrogen-bond acceptors (Lipinski definition) is 4. The van der Waals surface area contributed by atoms with E-state index in [1.807, 2.05) is 6.07 Å². The number of amides is 2. The van der Waals surface area contributed by atoms with E-state index in [1.165, 1.54) is 4.90 Å². The van der Waals surface area contributed by atoms with Gasteiger partial charge in [-0.3, -0.25) is 19.6 Å². The summed E-state index contributed by atoms with van der Waals surface area (Å²) in [5, 5.41) is 18.9. The number of carboxylic acids is 1. The predicted octanol–water partition coefficient (Wildman–Crippen LogP) is 1.03. The Hall–Kier alpha value is -3.16. The van der Waals surface area contributed by atoms with Gasteiger partial charge in [-0.25, -0.2) is 9.59 Å². The van der Waals surface area contributed by atoms with Crippen molar-refractivity contribution in [1.82, 2.24) is 14.8 Å². The van der Waals surface area contributed by atoms with Gasteiger partial charge in [0.1, 0.15) is 11.7 Å². The molecule has 2 N–H and O–H groups in total. The van der Waals surface area contributed by atoms with E-state index in [9.17, 15) is 24.6 Å². The lowest BCUT2D eigenvalue weighted by molar-refractivity contribution is -0.161. The maximum atomic E-state index is 12.4. The first-order valence-electron chi connectivity index (χ1n) is 7.89. The molecule has 2 fully saturated rings. The molecule has 1 aromatic rings. The highest BCUT2D eigenvalue weighted by molar-refractivity contribution is 6.03. The first-order valence-corrected chi connectivity index (χ1v) is 7.89. The molecule has 1 aromatic heterocycles. The van der Waals surface area contributed by atoms with Crippen molar-refractivity contribution in [2.75, 3.05) is 6.54 Å². The summed E-state index contributed by atoms with van der Waals surface area (Å²) < 4.78 is 0. The molecule has 4 heterocycles. The van der Waals surface area contributed by atoms with Crippen molar-refractivity contribution in [3.8, 4) is 0 Å². The molecule has 1 unspecified atom stereocenters. The van der Waals surface area contributed by atoms with Gasteiger partial charge in [0.2, 0.25) is 0 Å². The number of carbonyl (C=O) groups excluding carboxylic acids is 1. The monoisotopic (exact) mass is 341 g/mol. The quantitative estimate of drug-likeness (QED) is 0.794. The normalized spacial score (nSPS) is 27.5. The molecule has 25 heavy (non-hydrogen) atoms. The van der Waals surface area contributed by atoms with Crippen LogP contribution in [0.25, 0.3) is 6.08 Å². The maximum absolute atomic E-state index is 12.4. The average molecular weight is 341 g/mol. The molecule has 0 saturated carbocycles. The molecule has 0 aliphatic carbocycles. The molecule has 8 nitrogen and oxygen atoms in total. The van der Waals surface area contributed by atoms with Gasteiger partial charge >= 0.3 is 12.1 Å². The van der Waals surface area contributed by atoms with Crippen LogP contribution < -0.4 is 0 Å². The maximum Gasteiger partial charge on any atom is 0.408 e. The number of rotatable bonds is 3. The molecule has 3 aliphatic rings. The number of carboxylic acid groups (broad SMARTS) is 2. The van der Waals surface area contributed by atoms with Crippen LogP contribution >= 0.6 is 0 Å². The van der Waals surface area contributed by atoms with Crippen LogP contribution in [0.4, 0.5) is 4.79 Å². The molecule has 3 aliphatic heterocycles. The first kappa shape index (κ1) is 15.4. The van der Waals surface area contributed by atoms with Gasteiger partial charge in [0.15, 0.2) is 0 Å². The minimum absolute atomic E-state index is 0.0383. The summed E-state index contributed by atoms with van der Waals surface area (Å²) in [7, 11) is 0. The van der Waals surface area contributed by atoms with Gasteiger partial charge in [0, 0.05) is 24.9 Å². The second kappa shape index (κ2) is 5.44. The Morgan fingerprint density at radius 1 is 1.28 bits per heavy atom. The molecular formula is C17H15N3O5. The Kier molecular flexibility index (Phi) is 3.34. The number of β-lactam (4-membered cyclic amide) rings is 1. The van der Waals surface area contributed by atoms with Crippen LogP contribution in [-0.2, 0) is 9.59 Å². The number of carbonyl (C=O) groups is 3. The van der Waals surface area contributed by atoms with Crippen LogP contribution in [0.3, 0.4) is 0 Å². The summed E-state index contributed by atoms with van der Waals surface area (Å²) in [5.74, 6) is -1.80. The molecule has 0 spiro atoms. The van der Waals surface area contributed by atoms with E-state index in [0.29, 0.717) is 12.0 Å². The number of nitrogens with zero attached hydrogens (tertiary/aromatic N) is 3. The molecule has 2 amide bonds. The third-order valence-corrected chi connectivity index (χ3v) is 5.04. The van der Waals surface area contributed by atoms with Gasteiger partial charge in [-0.1, -0.05) is 18.2 Å². The molecule has 0 aromatic carbocycles. The third kappa shape index (κ3) is 2.14. The van der Waals surface area contributed by atoms with Crippen molar-refractivity contribution in [3.05, 3.63) is 47.4 Å². The fourth-order valence-corrected chi connectivity index (χ4v) is 4.02. The zero-order chi connectivity index (χ0) is 17.7. The first-order chi connectivity index (χ1) is 12.0. The lowest BCUT2D eigenvalue weighted by Gasteiger charge is -2.52. The summed E-state index contributed by atoms with van der Waals surface area (Å²) in [6, 6.07) is 2.42. The van der Waals surface area contributed by atoms with Crippen LogP contribution in [0, 0.1) is 5.92 Å². The van der Waals surface area contributed by atoms with Gasteiger partial charge in [-0.2, -0.15) is 0 Å². The van der Waals surface area contributed by atoms with Gasteiger partial charge in [-0.05, 0) is 23.6 Å². The Balaban J connectivity index is 1.72. The van der Waals surface area contributed by atoms with E-state index in [1.54, 1.807) is 30.6 Å². The Bertz CT molecular complexity index is 832. The number of aromatic nitrogens is 1. The Labute approximate surface area is 142 Å². The van der Waals surface area contributed by atoms with Gasteiger partial charge < -0.3 is 10.2 Å². The van der Waals surface area contributed by atoms with Gasteiger partial charge in [0.25, 0.3) is 5.91 Å². The van der Waals surface area contributed by atoms with Crippen molar-refractivity contribution >= 4 is 24.0 Å². The van der Waals surface area contributed by atoms with E-state index in [2.05, 4.69) is 4.98 Å². The van der Waals surface area contributed by atoms with Crippen LogP contribution in [0.2, 0.25) is 0 Å². The predicted molar refractivity (Wildman–Crippen MR) is 85.2 cm³/mol. The lowest BCUT2D eigenvalue weighted by atomic mass is 9.78. The summed E-state index contributed by atoms with van der Waals surface area (Å²) >= 11 is 0. The Morgan fingerprint density at radius 3 is 2.72 bits per heavy atom. The van der Waals surface area contributed by atoms with Gasteiger partial charge in [0.05, 0.1) is 6.04 Å². The topological polar surface area (TPSA) is 111 Å². The van der Waals surface area contributed by atoms with Crippen LogP contribution in [0.5, 0.6) is 0 Å². The standard InChI is InChI=1S/C17H15N3O5/c21-15-14-12-11(5-7-19(14)17(24)25)10(13(16(22)23)20(12)15)4-3-9-2-1-6-18-8-9/h1-4,6,8,11-12,14H,5,7H2,(H,22,23)(H,24,25)/b4-3+/t11?,12-,14+/m1/s1. The van der Waals surface area contributed by atoms with Crippen molar-refractivity contribution in [2.24, 2.45) is 5.92 Å². The number of aliphatic carboxylic acids is 1. The largest absolute Gasteiger partial charge is 0.477 e. The second-order valence-electron chi connectivity index (χ2n) is 6.24. The van der Waals surface area contributed by atoms with E-state index in [-0.39, 0.29) is 18.2 Å². The SMILES string of the molecule is O=C(O)C1=C(/C=C/c2cccnc2)C2CCN(C(=O)O)[C@@H]3C(=O)N1[C@H]23. The number of piperidine rings is 1. The highest BCUT2D eigenvalue weighted by atomic mass is 16.4. The number of likely N-dealkylation sites (tertiary alicyclic amines) is 1. The van der Waals surface area contributed by atoms with E-state index >= 15 is 0 Å². The summed E-state index contributed by atoms with van der Waals surface area (Å²) in [6.45, 7) is 0.220. The van der Waals surface area contributed by atoms with Crippen LogP contribution in [0.15, 0.2) is 41.9 Å². The average Bonchev–Trinajstić information content (AvgIpc) is 2.92. The van der Waals surface area contributed by atoms with Crippen molar-refractivity contribution in [2.45, 2.75) is 18.5 Å². The van der Waals surface area contributed by atoms with Crippen molar-refractivity contribution in [3.63, 3.8) is 0 Å². The highest BCUT2D eigenvalue weighted by Crippen LogP contribution is 2.49. The van der Waals surface area contributed by atoms with Crippen molar-refractivity contribution < 1.29 is 24.6 Å². The number of hydrogen-bond donors (Lipinski definition) is 2. The third-order valence-electron chi connectivity index (χ3n) is 5.04. The van der Waals surface area contributed by atoms with E-state index < -0.39 is 30.1 Å². The minimum atomic E-state index is -1.17. The zero-order valence-electron chi connectivity index (χ0n) is 13.1. The molecule has 128 valence electrons. The fourth-order valence-electron chi connectivity index (χ4n) is 4.02. The summed E-state index contributed by atoms with van der Waals surface area (Å²) in [4.78, 5) is 41.8. The lowest BCUT2D eigenvalue weighted by Crippen LogP contribution is -2.73. The molecule has 0 radical (unpaired) electrons.